The molecule has 18 heavy (non-hydrogen) atoms. The maximum Gasteiger partial charge on any atom is 0.197 e. The van der Waals surface area contributed by atoms with E-state index in [2.05, 4.69) is 25.8 Å². The lowest BCUT2D eigenvalue weighted by atomic mass is 9.70. The zero-order chi connectivity index (χ0) is 13.3. The Labute approximate surface area is 105 Å². The molecule has 2 unspecified atom stereocenters. The number of nitriles is 1. The highest BCUT2D eigenvalue weighted by molar-refractivity contribution is 5.43. The SMILES string of the molecule is CC12CCC(c3c1nc(C#N)c(=N)n3O)C2(C)C. The number of nitrogens with zero attached hydrogens (tertiary/aromatic N) is 3. The summed E-state index contributed by atoms with van der Waals surface area (Å²) in [7, 11) is 0. The molecule has 0 saturated heterocycles. The van der Waals surface area contributed by atoms with Crippen LogP contribution in [0.4, 0.5) is 0 Å². The molecule has 2 aliphatic carbocycles. The molecular weight excluding hydrogens is 228 g/mol. The molecule has 2 aliphatic rings. The molecule has 1 aromatic rings. The molecule has 5 nitrogen and oxygen atoms in total. The standard InChI is InChI=1S/C13H16N4O/c1-12(2)7-4-5-13(12,3)10-9(7)17(18)11(15)8(6-14)16-10/h7,15,18H,4-5H2,1-3H3. The fraction of sp³-hybridized carbons (Fsp3) is 0.615. The van der Waals surface area contributed by atoms with Crippen LogP contribution < -0.4 is 5.49 Å². The summed E-state index contributed by atoms with van der Waals surface area (Å²) in [4.78, 5) is 4.35. The molecule has 3 rings (SSSR count). The summed E-state index contributed by atoms with van der Waals surface area (Å²) in [5.74, 6) is 0.215. The third-order valence-corrected chi connectivity index (χ3v) is 5.32. The van der Waals surface area contributed by atoms with Crippen molar-refractivity contribution >= 4 is 0 Å². The first-order valence-electron chi connectivity index (χ1n) is 6.16. The maximum atomic E-state index is 10.1. The number of hydrogen-bond acceptors (Lipinski definition) is 4. The number of fused-ring (bicyclic) bond motifs is 5. The lowest BCUT2D eigenvalue weighted by Crippen LogP contribution is -2.33. The van der Waals surface area contributed by atoms with Gasteiger partial charge in [0.15, 0.2) is 11.2 Å². The summed E-state index contributed by atoms with van der Waals surface area (Å²) in [5, 5.41) is 26.9. The van der Waals surface area contributed by atoms with Gasteiger partial charge in [-0.3, -0.25) is 5.41 Å². The Morgan fingerprint density at radius 3 is 2.78 bits per heavy atom. The molecule has 1 saturated carbocycles. The third-order valence-electron chi connectivity index (χ3n) is 5.32. The Morgan fingerprint density at radius 2 is 2.17 bits per heavy atom. The second-order valence-corrected chi connectivity index (χ2v) is 6.11. The minimum Gasteiger partial charge on any atom is -0.427 e. The number of aromatic nitrogens is 2. The van der Waals surface area contributed by atoms with Crippen molar-refractivity contribution in [3.05, 3.63) is 22.6 Å². The molecule has 94 valence electrons. The lowest BCUT2D eigenvalue weighted by molar-refractivity contribution is 0.149. The van der Waals surface area contributed by atoms with Gasteiger partial charge in [0, 0.05) is 11.3 Å². The van der Waals surface area contributed by atoms with E-state index in [0.29, 0.717) is 0 Å². The normalized spacial score (nSPS) is 31.1. The van der Waals surface area contributed by atoms with E-state index in [9.17, 15) is 5.21 Å². The van der Waals surface area contributed by atoms with Gasteiger partial charge >= 0.3 is 0 Å². The summed E-state index contributed by atoms with van der Waals surface area (Å²) in [6.07, 6.45) is 2.02. The monoisotopic (exact) mass is 244 g/mol. The van der Waals surface area contributed by atoms with Crippen LogP contribution in [0.15, 0.2) is 0 Å². The summed E-state index contributed by atoms with van der Waals surface area (Å²) in [5.41, 5.74) is 1.23. The van der Waals surface area contributed by atoms with Crippen LogP contribution in [0.1, 0.15) is 56.6 Å². The van der Waals surface area contributed by atoms with E-state index in [1.165, 1.54) is 0 Å². The van der Waals surface area contributed by atoms with Crippen LogP contribution in [-0.2, 0) is 5.41 Å². The van der Waals surface area contributed by atoms with Crippen molar-refractivity contribution in [1.82, 2.24) is 9.71 Å². The zero-order valence-corrected chi connectivity index (χ0v) is 10.8. The molecule has 0 amide bonds. The van der Waals surface area contributed by atoms with Gasteiger partial charge in [-0.05, 0) is 18.3 Å². The Hall–Kier alpha value is -1.83. The molecule has 0 aromatic carbocycles. The maximum absolute atomic E-state index is 10.1. The van der Waals surface area contributed by atoms with Crippen molar-refractivity contribution in [3.8, 4) is 6.07 Å². The van der Waals surface area contributed by atoms with Crippen molar-refractivity contribution in [2.75, 3.05) is 0 Å². The van der Waals surface area contributed by atoms with Gasteiger partial charge in [0.2, 0.25) is 0 Å². The molecule has 1 aromatic heterocycles. The van der Waals surface area contributed by atoms with Crippen molar-refractivity contribution in [1.29, 1.82) is 10.7 Å². The lowest BCUT2D eigenvalue weighted by Gasteiger charge is -2.33. The van der Waals surface area contributed by atoms with Crippen LogP contribution >= 0.6 is 0 Å². The quantitative estimate of drug-likeness (QED) is 0.680. The van der Waals surface area contributed by atoms with Gasteiger partial charge in [-0.1, -0.05) is 20.8 Å². The fourth-order valence-corrected chi connectivity index (χ4v) is 3.74. The van der Waals surface area contributed by atoms with Gasteiger partial charge in [0.05, 0.1) is 11.4 Å². The van der Waals surface area contributed by atoms with Crippen LogP contribution in [0.25, 0.3) is 0 Å². The number of rotatable bonds is 0. The van der Waals surface area contributed by atoms with Crippen LogP contribution in [0, 0.1) is 22.2 Å². The largest absolute Gasteiger partial charge is 0.427 e. The average molecular weight is 244 g/mol. The van der Waals surface area contributed by atoms with Gasteiger partial charge in [-0.2, -0.15) is 9.99 Å². The smallest absolute Gasteiger partial charge is 0.197 e. The van der Waals surface area contributed by atoms with Gasteiger partial charge in [0.1, 0.15) is 6.07 Å². The van der Waals surface area contributed by atoms with E-state index in [1.807, 2.05) is 6.07 Å². The topological polar surface area (TPSA) is 85.7 Å². The van der Waals surface area contributed by atoms with E-state index >= 15 is 0 Å². The minimum absolute atomic E-state index is 0.000764. The minimum atomic E-state index is -0.205. The van der Waals surface area contributed by atoms with Crippen molar-refractivity contribution < 1.29 is 5.21 Å². The molecule has 1 heterocycles. The molecule has 2 atom stereocenters. The first-order chi connectivity index (χ1) is 8.34. The van der Waals surface area contributed by atoms with Gasteiger partial charge in [-0.25, -0.2) is 4.98 Å². The van der Waals surface area contributed by atoms with Crippen molar-refractivity contribution in [2.45, 2.75) is 44.9 Å². The summed E-state index contributed by atoms with van der Waals surface area (Å²) < 4.78 is 0.873. The van der Waals surface area contributed by atoms with Gasteiger partial charge in [0.25, 0.3) is 0 Å². The molecule has 5 heteroatoms. The Morgan fingerprint density at radius 1 is 1.50 bits per heavy atom. The fourth-order valence-electron chi connectivity index (χ4n) is 3.74. The highest BCUT2D eigenvalue weighted by Gasteiger charge is 2.62. The molecule has 2 bridgehead atoms. The van der Waals surface area contributed by atoms with Crippen molar-refractivity contribution in [3.63, 3.8) is 0 Å². The number of nitrogens with one attached hydrogen (secondary N) is 1. The highest BCUT2D eigenvalue weighted by Crippen LogP contribution is 2.66. The molecule has 0 spiro atoms. The van der Waals surface area contributed by atoms with E-state index in [0.717, 1.165) is 29.0 Å². The Balaban J connectivity index is 2.41. The molecule has 2 N–H and O–H groups in total. The summed E-state index contributed by atoms with van der Waals surface area (Å²) >= 11 is 0. The Kier molecular flexibility index (Phi) is 1.84. The zero-order valence-electron chi connectivity index (χ0n) is 10.8. The second-order valence-electron chi connectivity index (χ2n) is 6.11. The van der Waals surface area contributed by atoms with Crippen LogP contribution in [0.3, 0.4) is 0 Å². The van der Waals surface area contributed by atoms with E-state index < -0.39 is 0 Å². The van der Waals surface area contributed by atoms with Gasteiger partial charge in [-0.15, -0.1) is 0 Å². The average Bonchev–Trinajstić information content (AvgIpc) is 2.64. The van der Waals surface area contributed by atoms with Crippen molar-refractivity contribution in [2.24, 2.45) is 5.41 Å². The van der Waals surface area contributed by atoms with Crippen LogP contribution in [0.5, 0.6) is 0 Å². The molecule has 1 fully saturated rings. The number of hydrogen-bond donors (Lipinski definition) is 2. The van der Waals surface area contributed by atoms with Gasteiger partial charge < -0.3 is 5.21 Å². The highest BCUT2D eigenvalue weighted by atomic mass is 16.5. The van der Waals surface area contributed by atoms with E-state index in [-0.39, 0.29) is 27.9 Å². The molecule has 0 radical (unpaired) electrons. The first kappa shape index (κ1) is 11.3. The first-order valence-corrected chi connectivity index (χ1v) is 6.16. The molecular formula is C13H16N4O. The summed E-state index contributed by atoms with van der Waals surface area (Å²) in [6, 6.07) is 1.89. The van der Waals surface area contributed by atoms with Crippen LogP contribution in [0.2, 0.25) is 0 Å². The van der Waals surface area contributed by atoms with E-state index in [1.54, 1.807) is 0 Å². The predicted octanol–water partition coefficient (Wildman–Crippen LogP) is 1.65. The molecule has 0 aliphatic heterocycles. The second kappa shape index (κ2) is 2.94. The Bertz CT molecular complexity index is 652. The predicted molar refractivity (Wildman–Crippen MR) is 63.1 cm³/mol. The van der Waals surface area contributed by atoms with E-state index in [4.69, 9.17) is 10.7 Å². The third kappa shape index (κ3) is 0.939. The van der Waals surface area contributed by atoms with Crippen LogP contribution in [-0.4, -0.2) is 14.9 Å². The summed E-state index contributed by atoms with van der Waals surface area (Å²) in [6.45, 7) is 6.51.